The fourth-order valence-electron chi connectivity index (χ4n) is 1.29. The van der Waals surface area contributed by atoms with Crippen LogP contribution in [-0.2, 0) is 0 Å². The highest BCUT2D eigenvalue weighted by Gasteiger charge is 2.23. The maximum atomic E-state index is 13.1. The first-order valence-corrected chi connectivity index (χ1v) is 5.48. The van der Waals surface area contributed by atoms with Crippen LogP contribution < -0.4 is 0 Å². The van der Waals surface area contributed by atoms with Crippen LogP contribution in [0.25, 0.3) is 0 Å². The number of aromatic hydroxyl groups is 1. The van der Waals surface area contributed by atoms with Crippen LogP contribution in [0.4, 0.5) is 4.39 Å². The van der Waals surface area contributed by atoms with Gasteiger partial charge in [-0.25, -0.2) is 4.39 Å². The van der Waals surface area contributed by atoms with E-state index in [0.29, 0.717) is 0 Å². The quantitative estimate of drug-likeness (QED) is 0.734. The summed E-state index contributed by atoms with van der Waals surface area (Å²) in [5, 5.41) is 28.5. The molecular weight excluding hydrogens is 258 g/mol. The van der Waals surface area contributed by atoms with E-state index >= 15 is 0 Å². The zero-order chi connectivity index (χ0) is 12.3. The van der Waals surface area contributed by atoms with Crippen molar-refractivity contribution in [1.82, 2.24) is 0 Å². The van der Waals surface area contributed by atoms with E-state index in [0.717, 1.165) is 6.07 Å². The van der Waals surface area contributed by atoms with Crippen molar-refractivity contribution in [2.75, 3.05) is 5.88 Å². The second-order valence-electron chi connectivity index (χ2n) is 3.32. The third kappa shape index (κ3) is 2.98. The van der Waals surface area contributed by atoms with Crippen LogP contribution in [0.5, 0.6) is 5.75 Å². The Balaban J connectivity index is 3.03. The van der Waals surface area contributed by atoms with Gasteiger partial charge in [0.1, 0.15) is 6.10 Å². The first-order valence-electron chi connectivity index (χ1n) is 4.57. The van der Waals surface area contributed by atoms with Crippen molar-refractivity contribution >= 4 is 23.2 Å². The molecule has 16 heavy (non-hydrogen) atoms. The molecule has 2 unspecified atom stereocenters. The summed E-state index contributed by atoms with van der Waals surface area (Å²) in [4.78, 5) is 0. The van der Waals surface area contributed by atoms with Gasteiger partial charge >= 0.3 is 0 Å². The first kappa shape index (κ1) is 13.5. The van der Waals surface area contributed by atoms with Gasteiger partial charge in [-0.15, -0.1) is 11.6 Å². The molecule has 1 aromatic rings. The molecule has 0 amide bonds. The van der Waals surface area contributed by atoms with E-state index in [1.807, 2.05) is 0 Å². The van der Waals surface area contributed by atoms with Crippen LogP contribution >= 0.6 is 23.2 Å². The summed E-state index contributed by atoms with van der Waals surface area (Å²) in [6.07, 6.45) is -2.48. The van der Waals surface area contributed by atoms with Crippen LogP contribution in [-0.4, -0.2) is 27.3 Å². The number of phenols is 1. The van der Waals surface area contributed by atoms with Crippen molar-refractivity contribution in [2.24, 2.45) is 0 Å². The van der Waals surface area contributed by atoms with E-state index < -0.39 is 23.8 Å². The zero-order valence-electron chi connectivity index (χ0n) is 8.20. The summed E-state index contributed by atoms with van der Waals surface area (Å²) in [6.45, 7) is 0. The van der Waals surface area contributed by atoms with Gasteiger partial charge in [0.2, 0.25) is 0 Å². The molecule has 0 heterocycles. The molecule has 0 bridgehead atoms. The van der Waals surface area contributed by atoms with E-state index in [2.05, 4.69) is 0 Å². The van der Waals surface area contributed by atoms with Crippen LogP contribution in [0.3, 0.4) is 0 Å². The van der Waals surface area contributed by atoms with Gasteiger partial charge in [0.15, 0.2) is 11.6 Å². The Morgan fingerprint density at radius 2 is 1.94 bits per heavy atom. The number of rotatable bonds is 4. The fourth-order valence-corrected chi connectivity index (χ4v) is 1.73. The highest BCUT2D eigenvalue weighted by Crippen LogP contribution is 2.32. The molecule has 0 saturated carbocycles. The molecule has 3 N–H and O–H groups in total. The van der Waals surface area contributed by atoms with E-state index in [4.69, 9.17) is 23.2 Å². The van der Waals surface area contributed by atoms with Gasteiger partial charge in [-0.1, -0.05) is 11.6 Å². The Labute approximate surface area is 102 Å². The monoisotopic (exact) mass is 268 g/mol. The van der Waals surface area contributed by atoms with Gasteiger partial charge < -0.3 is 15.3 Å². The highest BCUT2D eigenvalue weighted by molar-refractivity contribution is 6.30. The maximum Gasteiger partial charge on any atom is 0.166 e. The van der Waals surface area contributed by atoms with Gasteiger partial charge in [0.25, 0.3) is 0 Å². The van der Waals surface area contributed by atoms with Crippen LogP contribution in [0.1, 0.15) is 18.1 Å². The molecule has 0 fully saturated rings. The third-order valence-corrected chi connectivity index (χ3v) is 2.58. The van der Waals surface area contributed by atoms with E-state index in [-0.39, 0.29) is 22.9 Å². The number of alkyl halides is 1. The van der Waals surface area contributed by atoms with Crippen LogP contribution in [0.15, 0.2) is 12.1 Å². The summed E-state index contributed by atoms with van der Waals surface area (Å²) < 4.78 is 13.1. The smallest absolute Gasteiger partial charge is 0.166 e. The Kier molecular flexibility index (Phi) is 4.80. The summed E-state index contributed by atoms with van der Waals surface area (Å²) in [5.41, 5.74) is -0.150. The van der Waals surface area contributed by atoms with Crippen LogP contribution in [0.2, 0.25) is 5.02 Å². The number of hydrogen-bond acceptors (Lipinski definition) is 3. The average molecular weight is 269 g/mol. The topological polar surface area (TPSA) is 60.7 Å². The summed E-state index contributed by atoms with van der Waals surface area (Å²) in [5.74, 6) is -1.52. The Morgan fingerprint density at radius 3 is 2.50 bits per heavy atom. The molecule has 1 rings (SSSR count). The third-order valence-electron chi connectivity index (χ3n) is 2.15. The van der Waals surface area contributed by atoms with Gasteiger partial charge in [-0.3, -0.25) is 0 Å². The Morgan fingerprint density at radius 1 is 1.31 bits per heavy atom. The van der Waals surface area contributed by atoms with Crippen molar-refractivity contribution < 1.29 is 19.7 Å². The molecule has 2 atom stereocenters. The molecule has 1 aromatic carbocycles. The van der Waals surface area contributed by atoms with Gasteiger partial charge in [-0.05, 0) is 18.6 Å². The Bertz CT molecular complexity index is 373. The standard InChI is InChI=1S/C10H11Cl2FO3/c11-2-1-8(14)10(16)6-3-5(12)4-7(13)9(6)15/h3-4,8,10,14-16H,1-2H2. The fraction of sp³-hybridized carbons (Fsp3) is 0.400. The lowest BCUT2D eigenvalue weighted by atomic mass is 10.0. The average Bonchev–Trinajstić information content (AvgIpc) is 2.22. The number of aliphatic hydroxyl groups excluding tert-OH is 2. The molecule has 0 aliphatic carbocycles. The lowest BCUT2D eigenvalue weighted by Crippen LogP contribution is -2.19. The van der Waals surface area contributed by atoms with E-state index in [1.54, 1.807) is 0 Å². The SMILES string of the molecule is Oc1c(F)cc(Cl)cc1C(O)C(O)CCCl. The van der Waals surface area contributed by atoms with Gasteiger partial charge in [0, 0.05) is 16.5 Å². The molecule has 0 aliphatic heterocycles. The van der Waals surface area contributed by atoms with Crippen molar-refractivity contribution in [1.29, 1.82) is 0 Å². The summed E-state index contributed by atoms with van der Waals surface area (Å²) >= 11 is 11.0. The summed E-state index contributed by atoms with van der Waals surface area (Å²) in [6, 6.07) is 2.11. The predicted molar refractivity (Wildman–Crippen MR) is 59.4 cm³/mol. The molecule has 0 spiro atoms. The molecule has 0 aliphatic rings. The molecule has 3 nitrogen and oxygen atoms in total. The molecule has 0 aromatic heterocycles. The number of halogens is 3. The lowest BCUT2D eigenvalue weighted by Gasteiger charge is -2.18. The van der Waals surface area contributed by atoms with Gasteiger partial charge in [0.05, 0.1) is 6.10 Å². The molecule has 90 valence electrons. The second-order valence-corrected chi connectivity index (χ2v) is 4.13. The van der Waals surface area contributed by atoms with Crippen LogP contribution in [0, 0.1) is 5.82 Å². The minimum atomic E-state index is -1.42. The van der Waals surface area contributed by atoms with E-state index in [9.17, 15) is 19.7 Å². The molecule has 6 heteroatoms. The number of aliphatic hydroxyl groups is 2. The number of hydrogen-bond donors (Lipinski definition) is 3. The highest BCUT2D eigenvalue weighted by atomic mass is 35.5. The number of benzene rings is 1. The minimum absolute atomic E-state index is 0.0300. The van der Waals surface area contributed by atoms with Crippen molar-refractivity contribution in [3.05, 3.63) is 28.5 Å². The minimum Gasteiger partial charge on any atom is -0.505 e. The second kappa shape index (κ2) is 5.68. The maximum absolute atomic E-state index is 13.1. The van der Waals surface area contributed by atoms with Crippen molar-refractivity contribution in [3.63, 3.8) is 0 Å². The lowest BCUT2D eigenvalue weighted by molar-refractivity contribution is 0.0154. The number of phenolic OH excluding ortho intramolecular Hbond substituents is 1. The van der Waals surface area contributed by atoms with E-state index in [1.165, 1.54) is 6.07 Å². The van der Waals surface area contributed by atoms with Crippen molar-refractivity contribution in [3.8, 4) is 5.75 Å². The molecule has 0 radical (unpaired) electrons. The molecular formula is C10H11Cl2FO3. The normalized spacial score (nSPS) is 14.8. The Hall–Kier alpha value is -0.550. The summed E-state index contributed by atoms with van der Waals surface area (Å²) in [7, 11) is 0. The van der Waals surface area contributed by atoms with Gasteiger partial charge in [-0.2, -0.15) is 0 Å². The first-order chi connectivity index (χ1) is 7.47. The molecule has 0 saturated heterocycles. The van der Waals surface area contributed by atoms with Crippen molar-refractivity contribution in [2.45, 2.75) is 18.6 Å². The largest absolute Gasteiger partial charge is 0.505 e. The zero-order valence-corrected chi connectivity index (χ0v) is 9.71. The predicted octanol–water partition coefficient (Wildman–Crippen LogP) is 2.21.